The number of aromatic nitrogens is 2. The summed E-state index contributed by atoms with van der Waals surface area (Å²) < 4.78 is 5.91. The van der Waals surface area contributed by atoms with Crippen LogP contribution in [0.2, 0.25) is 0 Å². The SMILES string of the molecule is CCCNc1ncnc(NC2CCOC2C2CC2)c1CC. The Labute approximate surface area is 126 Å². The van der Waals surface area contributed by atoms with Crippen LogP contribution in [0.25, 0.3) is 0 Å². The average Bonchev–Trinajstić information content (AvgIpc) is 3.25. The molecule has 0 aromatic carbocycles. The Balaban J connectivity index is 1.74. The van der Waals surface area contributed by atoms with Crippen molar-refractivity contribution < 1.29 is 4.74 Å². The minimum absolute atomic E-state index is 0.372. The second kappa shape index (κ2) is 6.60. The highest BCUT2D eigenvalue weighted by Crippen LogP contribution is 2.39. The molecule has 5 heteroatoms. The van der Waals surface area contributed by atoms with E-state index in [1.54, 1.807) is 6.33 Å². The quantitative estimate of drug-likeness (QED) is 0.808. The summed E-state index contributed by atoms with van der Waals surface area (Å²) in [5, 5.41) is 7.04. The van der Waals surface area contributed by atoms with Gasteiger partial charge in [0, 0.05) is 18.7 Å². The summed E-state index contributed by atoms with van der Waals surface area (Å²) in [4.78, 5) is 8.87. The first kappa shape index (κ1) is 14.6. The van der Waals surface area contributed by atoms with Crippen molar-refractivity contribution in [3.8, 4) is 0 Å². The number of nitrogens with one attached hydrogen (secondary N) is 2. The molecule has 1 aromatic rings. The topological polar surface area (TPSA) is 59.1 Å². The fraction of sp³-hybridized carbons (Fsp3) is 0.750. The number of anilines is 2. The lowest BCUT2D eigenvalue weighted by Crippen LogP contribution is -2.32. The Morgan fingerprint density at radius 3 is 2.71 bits per heavy atom. The summed E-state index contributed by atoms with van der Waals surface area (Å²) >= 11 is 0. The first-order valence-electron chi connectivity index (χ1n) is 8.29. The summed E-state index contributed by atoms with van der Waals surface area (Å²) in [5.74, 6) is 2.71. The maximum absolute atomic E-state index is 5.91. The van der Waals surface area contributed by atoms with E-state index in [0.29, 0.717) is 12.1 Å². The zero-order valence-electron chi connectivity index (χ0n) is 13.1. The largest absolute Gasteiger partial charge is 0.376 e. The smallest absolute Gasteiger partial charge is 0.135 e. The monoisotopic (exact) mass is 290 g/mol. The van der Waals surface area contributed by atoms with E-state index in [1.165, 1.54) is 18.4 Å². The molecular weight excluding hydrogens is 264 g/mol. The normalized spacial score (nSPS) is 25.0. The standard InChI is InChI=1S/C16H26N4O/c1-3-8-17-15-12(4-2)16(19-10-18-15)20-13-7-9-21-14(13)11-5-6-11/h10-11,13-14H,3-9H2,1-2H3,(H2,17,18,19,20). The highest BCUT2D eigenvalue weighted by atomic mass is 16.5. The van der Waals surface area contributed by atoms with Gasteiger partial charge in [0.05, 0.1) is 12.1 Å². The molecular formula is C16H26N4O. The average molecular weight is 290 g/mol. The van der Waals surface area contributed by atoms with Crippen molar-refractivity contribution in [3.05, 3.63) is 11.9 Å². The van der Waals surface area contributed by atoms with E-state index in [1.807, 2.05) is 0 Å². The molecule has 0 bridgehead atoms. The predicted octanol–water partition coefficient (Wildman–Crippen LogP) is 2.84. The zero-order chi connectivity index (χ0) is 14.7. The second-order valence-electron chi connectivity index (χ2n) is 6.04. The maximum atomic E-state index is 5.91. The van der Waals surface area contributed by atoms with Crippen molar-refractivity contribution in [1.82, 2.24) is 9.97 Å². The maximum Gasteiger partial charge on any atom is 0.135 e. The Morgan fingerprint density at radius 1 is 1.19 bits per heavy atom. The van der Waals surface area contributed by atoms with Crippen LogP contribution in [-0.2, 0) is 11.2 Å². The van der Waals surface area contributed by atoms with E-state index in [9.17, 15) is 0 Å². The van der Waals surface area contributed by atoms with Crippen molar-refractivity contribution in [1.29, 1.82) is 0 Å². The first-order chi connectivity index (χ1) is 10.3. The first-order valence-corrected chi connectivity index (χ1v) is 8.29. The van der Waals surface area contributed by atoms with E-state index in [0.717, 1.165) is 50.0 Å². The van der Waals surface area contributed by atoms with Gasteiger partial charge in [-0.25, -0.2) is 9.97 Å². The molecule has 116 valence electrons. The number of hydrogen-bond acceptors (Lipinski definition) is 5. The van der Waals surface area contributed by atoms with Gasteiger partial charge in [-0.1, -0.05) is 13.8 Å². The third-order valence-electron chi connectivity index (χ3n) is 4.39. The summed E-state index contributed by atoms with van der Waals surface area (Å²) in [6.07, 6.45) is 7.75. The van der Waals surface area contributed by atoms with Crippen LogP contribution in [0.4, 0.5) is 11.6 Å². The Kier molecular flexibility index (Phi) is 4.58. The summed E-state index contributed by atoms with van der Waals surface area (Å²) in [7, 11) is 0. The van der Waals surface area contributed by atoms with E-state index < -0.39 is 0 Å². The van der Waals surface area contributed by atoms with Gasteiger partial charge < -0.3 is 15.4 Å². The summed E-state index contributed by atoms with van der Waals surface area (Å²) in [6.45, 7) is 6.13. The van der Waals surface area contributed by atoms with Gasteiger partial charge in [-0.05, 0) is 38.0 Å². The van der Waals surface area contributed by atoms with Crippen LogP contribution in [-0.4, -0.2) is 35.3 Å². The molecule has 2 aliphatic rings. The zero-order valence-corrected chi connectivity index (χ0v) is 13.1. The molecule has 0 radical (unpaired) electrons. The molecule has 1 aliphatic heterocycles. The molecule has 1 saturated heterocycles. The number of ether oxygens (including phenoxy) is 1. The van der Waals surface area contributed by atoms with Gasteiger partial charge in [0.2, 0.25) is 0 Å². The molecule has 5 nitrogen and oxygen atoms in total. The minimum atomic E-state index is 0.372. The van der Waals surface area contributed by atoms with Gasteiger partial charge in [-0.15, -0.1) is 0 Å². The molecule has 2 atom stereocenters. The van der Waals surface area contributed by atoms with Crippen LogP contribution >= 0.6 is 0 Å². The predicted molar refractivity (Wildman–Crippen MR) is 84.7 cm³/mol. The number of rotatable bonds is 7. The van der Waals surface area contributed by atoms with Gasteiger partial charge in [-0.3, -0.25) is 0 Å². The molecule has 21 heavy (non-hydrogen) atoms. The Hall–Kier alpha value is -1.36. The number of nitrogens with zero attached hydrogens (tertiary/aromatic N) is 2. The fourth-order valence-corrected chi connectivity index (χ4v) is 3.10. The van der Waals surface area contributed by atoms with Gasteiger partial charge >= 0.3 is 0 Å². The van der Waals surface area contributed by atoms with Crippen LogP contribution in [0.1, 0.15) is 45.1 Å². The molecule has 2 N–H and O–H groups in total. The van der Waals surface area contributed by atoms with Gasteiger partial charge in [-0.2, -0.15) is 0 Å². The van der Waals surface area contributed by atoms with E-state index in [2.05, 4.69) is 34.4 Å². The van der Waals surface area contributed by atoms with Crippen LogP contribution in [0.3, 0.4) is 0 Å². The van der Waals surface area contributed by atoms with Crippen LogP contribution in [0.15, 0.2) is 6.33 Å². The lowest BCUT2D eigenvalue weighted by molar-refractivity contribution is 0.0898. The molecule has 0 spiro atoms. The highest BCUT2D eigenvalue weighted by molar-refractivity contribution is 5.58. The van der Waals surface area contributed by atoms with Crippen molar-refractivity contribution >= 4 is 11.6 Å². The van der Waals surface area contributed by atoms with E-state index >= 15 is 0 Å². The lowest BCUT2D eigenvalue weighted by Gasteiger charge is -2.22. The molecule has 3 rings (SSSR count). The molecule has 1 aliphatic carbocycles. The van der Waals surface area contributed by atoms with Crippen LogP contribution in [0, 0.1) is 5.92 Å². The molecule has 2 heterocycles. The van der Waals surface area contributed by atoms with Crippen molar-refractivity contribution in [2.45, 2.75) is 58.1 Å². The van der Waals surface area contributed by atoms with Crippen LogP contribution in [0.5, 0.6) is 0 Å². The van der Waals surface area contributed by atoms with Crippen molar-refractivity contribution in [3.63, 3.8) is 0 Å². The van der Waals surface area contributed by atoms with Gasteiger partial charge in [0.25, 0.3) is 0 Å². The summed E-state index contributed by atoms with van der Waals surface area (Å²) in [5.41, 5.74) is 1.19. The number of hydrogen-bond donors (Lipinski definition) is 2. The van der Waals surface area contributed by atoms with Crippen molar-refractivity contribution in [2.24, 2.45) is 5.92 Å². The minimum Gasteiger partial charge on any atom is -0.376 e. The fourth-order valence-electron chi connectivity index (χ4n) is 3.10. The molecule has 2 unspecified atom stereocenters. The van der Waals surface area contributed by atoms with Gasteiger partial charge in [0.1, 0.15) is 18.0 Å². The second-order valence-corrected chi connectivity index (χ2v) is 6.04. The summed E-state index contributed by atoms with van der Waals surface area (Å²) in [6, 6.07) is 0.400. The Bertz CT molecular complexity index is 475. The Morgan fingerprint density at radius 2 is 2.00 bits per heavy atom. The molecule has 2 fully saturated rings. The third-order valence-corrected chi connectivity index (χ3v) is 4.39. The highest BCUT2D eigenvalue weighted by Gasteiger charge is 2.40. The lowest BCUT2D eigenvalue weighted by atomic mass is 10.1. The van der Waals surface area contributed by atoms with E-state index in [4.69, 9.17) is 4.74 Å². The van der Waals surface area contributed by atoms with Crippen molar-refractivity contribution in [2.75, 3.05) is 23.8 Å². The van der Waals surface area contributed by atoms with Crippen LogP contribution < -0.4 is 10.6 Å². The van der Waals surface area contributed by atoms with Gasteiger partial charge in [0.15, 0.2) is 0 Å². The molecule has 1 aromatic heterocycles. The molecule has 0 amide bonds. The molecule has 1 saturated carbocycles. The third kappa shape index (κ3) is 3.28. The van der Waals surface area contributed by atoms with E-state index in [-0.39, 0.29) is 0 Å².